The van der Waals surface area contributed by atoms with Gasteiger partial charge in [-0.25, -0.2) is 19.7 Å². The highest BCUT2D eigenvalue weighted by Crippen LogP contribution is 2.28. The fraction of sp³-hybridized carbons (Fsp3) is 0.250. The molecule has 1 aliphatic heterocycles. The van der Waals surface area contributed by atoms with E-state index in [4.69, 9.17) is 9.72 Å². The monoisotopic (exact) mass is 520 g/mol. The Bertz CT molecular complexity index is 1880. The van der Waals surface area contributed by atoms with E-state index in [9.17, 15) is 14.9 Å². The molecule has 194 valence electrons. The Balaban J connectivity index is 1.54. The molecule has 0 saturated carbocycles. The molecule has 0 amide bonds. The fourth-order valence-electron chi connectivity index (χ4n) is 4.65. The van der Waals surface area contributed by atoms with Gasteiger partial charge in [-0.15, -0.1) is 0 Å². The van der Waals surface area contributed by atoms with E-state index in [-0.39, 0.29) is 5.39 Å². The molecule has 1 fully saturated rings. The Labute approximate surface area is 222 Å². The third-order valence-corrected chi connectivity index (χ3v) is 6.91. The molecule has 11 nitrogen and oxygen atoms in total. The minimum atomic E-state index is -0.778. The number of nitrogens with one attached hydrogen (secondary N) is 1. The number of hydrogen-bond donors (Lipinski definition) is 1. The average Bonchev–Trinajstić information content (AvgIpc) is 2.97. The van der Waals surface area contributed by atoms with E-state index in [0.29, 0.717) is 52.7 Å². The van der Waals surface area contributed by atoms with Crippen molar-refractivity contribution in [3.8, 4) is 23.0 Å². The van der Waals surface area contributed by atoms with Crippen LogP contribution in [0.3, 0.4) is 0 Å². The summed E-state index contributed by atoms with van der Waals surface area (Å²) >= 11 is 0. The molecule has 0 radical (unpaired) electrons. The van der Waals surface area contributed by atoms with Crippen molar-refractivity contribution in [1.82, 2.24) is 29.5 Å². The van der Waals surface area contributed by atoms with Gasteiger partial charge in [-0.1, -0.05) is 12.1 Å². The van der Waals surface area contributed by atoms with Crippen molar-refractivity contribution in [3.63, 3.8) is 0 Å². The Kier molecular flexibility index (Phi) is 5.89. The molecule has 39 heavy (non-hydrogen) atoms. The number of aromatic nitrogens is 6. The first-order chi connectivity index (χ1) is 18.9. The van der Waals surface area contributed by atoms with Crippen LogP contribution in [0.2, 0.25) is 0 Å². The van der Waals surface area contributed by atoms with E-state index in [1.165, 1.54) is 10.8 Å². The summed E-state index contributed by atoms with van der Waals surface area (Å²) in [4.78, 5) is 48.8. The molecule has 1 aromatic carbocycles. The maximum absolute atomic E-state index is 13.2. The van der Waals surface area contributed by atoms with Crippen LogP contribution < -0.4 is 16.1 Å². The number of nitrogens with zero attached hydrogens (tertiary/aromatic N) is 7. The third-order valence-electron chi connectivity index (χ3n) is 6.91. The van der Waals surface area contributed by atoms with Crippen LogP contribution in [0.25, 0.3) is 38.9 Å². The van der Waals surface area contributed by atoms with E-state index in [1.807, 2.05) is 6.07 Å². The first-order valence-electron chi connectivity index (χ1n) is 12.5. The molecular weight excluding hydrogens is 496 g/mol. The number of pyridine rings is 2. The molecule has 0 bridgehead atoms. The lowest BCUT2D eigenvalue weighted by Gasteiger charge is -2.26. The number of benzene rings is 1. The van der Waals surface area contributed by atoms with Crippen molar-refractivity contribution < 1.29 is 4.74 Å². The second kappa shape index (κ2) is 9.41. The summed E-state index contributed by atoms with van der Waals surface area (Å²) in [5.74, 6) is 0.621. The highest BCUT2D eigenvalue weighted by Gasteiger charge is 2.22. The number of H-pyrrole nitrogens is 1. The predicted octanol–water partition coefficient (Wildman–Crippen LogP) is 2.72. The third kappa shape index (κ3) is 4.30. The van der Waals surface area contributed by atoms with Gasteiger partial charge in [-0.2, -0.15) is 5.26 Å². The van der Waals surface area contributed by atoms with Gasteiger partial charge < -0.3 is 9.64 Å². The molecule has 1 N–H and O–H groups in total. The van der Waals surface area contributed by atoms with Crippen LogP contribution in [-0.4, -0.2) is 55.8 Å². The lowest BCUT2D eigenvalue weighted by molar-refractivity contribution is 0.122. The van der Waals surface area contributed by atoms with E-state index in [0.717, 1.165) is 18.7 Å². The van der Waals surface area contributed by atoms with E-state index in [1.54, 1.807) is 56.6 Å². The number of nitriles is 1. The van der Waals surface area contributed by atoms with Gasteiger partial charge in [0.2, 0.25) is 5.95 Å². The molecule has 11 heteroatoms. The van der Waals surface area contributed by atoms with Crippen LogP contribution in [0.4, 0.5) is 5.95 Å². The molecule has 6 rings (SSSR count). The van der Waals surface area contributed by atoms with Crippen LogP contribution in [0, 0.1) is 11.3 Å². The van der Waals surface area contributed by atoms with Crippen molar-refractivity contribution >= 4 is 27.9 Å². The number of fused-ring (bicyclic) bond motifs is 3. The van der Waals surface area contributed by atoms with E-state index < -0.39 is 16.7 Å². The van der Waals surface area contributed by atoms with Gasteiger partial charge >= 0.3 is 5.69 Å². The number of anilines is 1. The molecule has 4 aromatic heterocycles. The molecule has 0 unspecified atom stereocenters. The van der Waals surface area contributed by atoms with Crippen molar-refractivity contribution in [1.29, 1.82) is 5.26 Å². The molecular formula is C28H24N8O3. The van der Waals surface area contributed by atoms with Gasteiger partial charge in [-0.05, 0) is 43.7 Å². The fourth-order valence-corrected chi connectivity index (χ4v) is 4.65. The first-order valence-corrected chi connectivity index (χ1v) is 12.5. The largest absolute Gasteiger partial charge is 0.378 e. The Morgan fingerprint density at radius 2 is 1.79 bits per heavy atom. The van der Waals surface area contributed by atoms with Gasteiger partial charge in [-0.3, -0.25) is 19.3 Å². The standard InChI is InChI=1S/C28H24N8O3/c1-28(2,16-29)18-4-3-5-19(12-18)36-24-20(25(37)34-27(36)38)15-30-22-7-6-21(33-23(22)24)17-13-31-26(32-14-17)35-8-10-39-11-9-35/h3-7,12-15H,8-11H2,1-2H3,(H,34,37,38). The Morgan fingerprint density at radius 1 is 1.03 bits per heavy atom. The van der Waals surface area contributed by atoms with Gasteiger partial charge in [0.15, 0.2) is 0 Å². The van der Waals surface area contributed by atoms with E-state index in [2.05, 4.69) is 30.9 Å². The summed E-state index contributed by atoms with van der Waals surface area (Å²) in [5, 5.41) is 9.86. The smallest absolute Gasteiger partial charge is 0.333 e. The number of ether oxygens (including phenoxy) is 1. The second-order valence-corrected chi connectivity index (χ2v) is 9.84. The number of hydrogen-bond acceptors (Lipinski definition) is 9. The first kappa shape index (κ1) is 24.4. The summed E-state index contributed by atoms with van der Waals surface area (Å²) in [7, 11) is 0. The summed E-state index contributed by atoms with van der Waals surface area (Å²) in [6.45, 7) is 6.33. The SMILES string of the molecule is CC(C)(C#N)c1cccc(-n2c(=O)[nH]c(=O)c3cnc4ccc(-c5cnc(N6CCOCC6)nc5)nc4c32)c1. The maximum atomic E-state index is 13.2. The molecule has 5 aromatic rings. The van der Waals surface area contributed by atoms with Gasteiger partial charge in [0.05, 0.1) is 52.5 Å². The van der Waals surface area contributed by atoms with Gasteiger partial charge in [0, 0.05) is 37.2 Å². The molecule has 1 saturated heterocycles. The number of aromatic amines is 1. The van der Waals surface area contributed by atoms with Crippen LogP contribution in [0.15, 0.2) is 64.6 Å². The minimum Gasteiger partial charge on any atom is -0.378 e. The molecule has 0 atom stereocenters. The molecule has 1 aliphatic rings. The molecule has 5 heterocycles. The summed E-state index contributed by atoms with van der Waals surface area (Å²) < 4.78 is 6.81. The van der Waals surface area contributed by atoms with Crippen molar-refractivity contribution in [2.45, 2.75) is 19.3 Å². The van der Waals surface area contributed by atoms with Gasteiger partial charge in [0.25, 0.3) is 5.56 Å². The highest BCUT2D eigenvalue weighted by atomic mass is 16.5. The van der Waals surface area contributed by atoms with Crippen LogP contribution in [0.1, 0.15) is 19.4 Å². The van der Waals surface area contributed by atoms with E-state index >= 15 is 0 Å². The number of morpholine rings is 1. The Hall–Kier alpha value is -4.95. The molecule has 0 aliphatic carbocycles. The topological polar surface area (TPSA) is 143 Å². The number of rotatable bonds is 4. The second-order valence-electron chi connectivity index (χ2n) is 9.84. The maximum Gasteiger partial charge on any atom is 0.333 e. The average molecular weight is 521 g/mol. The van der Waals surface area contributed by atoms with Crippen LogP contribution >= 0.6 is 0 Å². The van der Waals surface area contributed by atoms with Crippen molar-refractivity contribution in [3.05, 3.63) is 81.4 Å². The van der Waals surface area contributed by atoms with Crippen molar-refractivity contribution in [2.24, 2.45) is 0 Å². The normalized spacial score (nSPS) is 14.0. The van der Waals surface area contributed by atoms with Crippen LogP contribution in [0.5, 0.6) is 0 Å². The summed E-state index contributed by atoms with van der Waals surface area (Å²) in [5.41, 5.74) is 1.77. The zero-order chi connectivity index (χ0) is 27.1. The Morgan fingerprint density at radius 3 is 2.54 bits per heavy atom. The zero-order valence-corrected chi connectivity index (χ0v) is 21.4. The molecule has 0 spiro atoms. The van der Waals surface area contributed by atoms with Crippen LogP contribution in [-0.2, 0) is 10.2 Å². The van der Waals surface area contributed by atoms with Gasteiger partial charge in [0.1, 0.15) is 5.52 Å². The lowest BCUT2D eigenvalue weighted by Crippen LogP contribution is -2.37. The quantitative estimate of drug-likeness (QED) is 0.354. The summed E-state index contributed by atoms with van der Waals surface area (Å²) in [6, 6.07) is 13.0. The predicted molar refractivity (Wildman–Crippen MR) is 146 cm³/mol. The highest BCUT2D eigenvalue weighted by molar-refractivity contribution is 6.01. The minimum absolute atomic E-state index is 0.218. The van der Waals surface area contributed by atoms with Crippen molar-refractivity contribution in [2.75, 3.05) is 31.2 Å². The summed E-state index contributed by atoms with van der Waals surface area (Å²) in [6.07, 6.45) is 4.85. The lowest BCUT2D eigenvalue weighted by atomic mass is 9.86. The zero-order valence-electron chi connectivity index (χ0n) is 21.4.